The van der Waals surface area contributed by atoms with Gasteiger partial charge in [-0.15, -0.1) is 0 Å². The zero-order chi connectivity index (χ0) is 10.1. The van der Waals surface area contributed by atoms with E-state index in [2.05, 4.69) is 6.92 Å². The Morgan fingerprint density at radius 3 is 2.29 bits per heavy atom. The number of unbranched alkanes of at least 4 members (excludes halogenated alkanes) is 5. The lowest BCUT2D eigenvalue weighted by Crippen LogP contribution is -2.26. The van der Waals surface area contributed by atoms with Crippen LogP contribution in [0.2, 0.25) is 0 Å². The topological polar surface area (TPSA) is 27.7 Å². The Morgan fingerprint density at radius 2 is 1.57 bits per heavy atom. The first-order chi connectivity index (χ1) is 6.93. The van der Waals surface area contributed by atoms with Crippen LogP contribution < -0.4 is 0 Å². The van der Waals surface area contributed by atoms with Crippen molar-refractivity contribution in [2.45, 2.75) is 58.2 Å². The first kappa shape index (κ1) is 12.0. The largest absolute Gasteiger partial charge is 0.329 e. The lowest BCUT2D eigenvalue weighted by Gasteiger charge is -2.22. The molecule has 1 rings (SSSR count). The van der Waals surface area contributed by atoms with E-state index in [4.69, 9.17) is 14.2 Å². The van der Waals surface area contributed by atoms with Crippen LogP contribution in [0.4, 0.5) is 0 Å². The molecule has 1 saturated heterocycles. The van der Waals surface area contributed by atoms with Gasteiger partial charge in [-0.3, -0.25) is 0 Å². The third kappa shape index (κ3) is 5.58. The molecule has 0 aromatic rings. The van der Waals surface area contributed by atoms with E-state index >= 15 is 0 Å². The van der Waals surface area contributed by atoms with Crippen LogP contribution in [0.15, 0.2) is 0 Å². The van der Waals surface area contributed by atoms with Gasteiger partial charge in [0.05, 0.1) is 0 Å². The molecule has 3 heteroatoms. The Bertz CT molecular complexity index is 122. The number of ether oxygens (including phenoxy) is 3. The molecule has 1 fully saturated rings. The average molecular weight is 202 g/mol. The van der Waals surface area contributed by atoms with Crippen molar-refractivity contribution in [1.29, 1.82) is 0 Å². The molecule has 0 bridgehead atoms. The van der Waals surface area contributed by atoms with Crippen molar-refractivity contribution in [2.24, 2.45) is 0 Å². The predicted molar refractivity (Wildman–Crippen MR) is 54.8 cm³/mol. The molecule has 1 heterocycles. The van der Waals surface area contributed by atoms with Crippen LogP contribution >= 0.6 is 0 Å². The molecular formula is C11H22O3. The average Bonchev–Trinajstić information content (AvgIpc) is 2.25. The molecule has 0 aromatic heterocycles. The highest BCUT2D eigenvalue weighted by Gasteiger charge is 2.13. The van der Waals surface area contributed by atoms with Gasteiger partial charge < -0.3 is 14.2 Å². The van der Waals surface area contributed by atoms with E-state index < -0.39 is 0 Å². The fourth-order valence-corrected chi connectivity index (χ4v) is 1.59. The van der Waals surface area contributed by atoms with E-state index in [0.29, 0.717) is 13.6 Å². The maximum atomic E-state index is 5.26. The Balaban J connectivity index is 1.82. The van der Waals surface area contributed by atoms with Crippen LogP contribution in [-0.4, -0.2) is 19.9 Å². The minimum atomic E-state index is -0.0186. The lowest BCUT2D eigenvalue weighted by molar-refractivity contribution is -0.300. The van der Waals surface area contributed by atoms with Gasteiger partial charge >= 0.3 is 0 Å². The molecule has 0 N–H and O–H groups in total. The van der Waals surface area contributed by atoms with Crippen LogP contribution in [0.1, 0.15) is 51.9 Å². The van der Waals surface area contributed by atoms with Gasteiger partial charge in [-0.1, -0.05) is 39.0 Å². The molecule has 0 aromatic carbocycles. The van der Waals surface area contributed by atoms with Crippen molar-refractivity contribution >= 4 is 0 Å². The quantitative estimate of drug-likeness (QED) is 0.594. The summed E-state index contributed by atoms with van der Waals surface area (Å²) in [6.45, 7) is 3.02. The minimum absolute atomic E-state index is 0.0186. The van der Waals surface area contributed by atoms with Gasteiger partial charge in [-0.05, 0) is 12.8 Å². The Morgan fingerprint density at radius 1 is 0.929 bits per heavy atom. The third-order valence-corrected chi connectivity index (χ3v) is 2.47. The fourth-order valence-electron chi connectivity index (χ4n) is 1.59. The van der Waals surface area contributed by atoms with Gasteiger partial charge in [0.15, 0.2) is 19.9 Å². The van der Waals surface area contributed by atoms with Crippen molar-refractivity contribution in [3.63, 3.8) is 0 Å². The van der Waals surface area contributed by atoms with E-state index in [1.807, 2.05) is 0 Å². The van der Waals surface area contributed by atoms with Crippen molar-refractivity contribution in [3.8, 4) is 0 Å². The molecule has 0 unspecified atom stereocenters. The molecule has 0 radical (unpaired) electrons. The SMILES string of the molecule is CCCCCCCCC1OCOCO1. The smallest absolute Gasteiger partial charge is 0.163 e. The summed E-state index contributed by atoms with van der Waals surface area (Å²) < 4.78 is 15.4. The second-order valence-electron chi connectivity index (χ2n) is 3.76. The molecule has 14 heavy (non-hydrogen) atoms. The summed E-state index contributed by atoms with van der Waals surface area (Å²) in [5, 5.41) is 0. The third-order valence-electron chi connectivity index (χ3n) is 2.47. The predicted octanol–water partition coefficient (Wildman–Crippen LogP) is 3.04. The standard InChI is InChI=1S/C11H22O3/c1-2-3-4-5-6-7-8-11-13-9-12-10-14-11/h11H,2-10H2,1H3. The fraction of sp³-hybridized carbons (Fsp3) is 1.00. The molecule has 1 aliphatic rings. The summed E-state index contributed by atoms with van der Waals surface area (Å²) in [6.07, 6.45) is 8.88. The van der Waals surface area contributed by atoms with E-state index in [0.717, 1.165) is 6.42 Å². The summed E-state index contributed by atoms with van der Waals surface area (Å²) in [6, 6.07) is 0. The summed E-state index contributed by atoms with van der Waals surface area (Å²) in [7, 11) is 0. The Hall–Kier alpha value is -0.120. The second kappa shape index (κ2) is 8.21. The highest BCUT2D eigenvalue weighted by molar-refractivity contribution is 4.49. The van der Waals surface area contributed by atoms with Crippen LogP contribution in [-0.2, 0) is 14.2 Å². The number of hydrogen-bond donors (Lipinski definition) is 0. The van der Waals surface area contributed by atoms with Gasteiger partial charge in [0, 0.05) is 0 Å². The summed E-state index contributed by atoms with van der Waals surface area (Å²) in [5.74, 6) is 0. The van der Waals surface area contributed by atoms with Gasteiger partial charge in [-0.25, -0.2) is 0 Å². The van der Waals surface area contributed by atoms with Crippen molar-refractivity contribution in [2.75, 3.05) is 13.6 Å². The molecule has 1 aliphatic heterocycles. The van der Waals surface area contributed by atoms with E-state index in [-0.39, 0.29) is 6.29 Å². The van der Waals surface area contributed by atoms with Crippen molar-refractivity contribution in [3.05, 3.63) is 0 Å². The summed E-state index contributed by atoms with van der Waals surface area (Å²) >= 11 is 0. The first-order valence-corrected chi connectivity index (χ1v) is 5.74. The molecule has 0 spiro atoms. The zero-order valence-electron chi connectivity index (χ0n) is 9.17. The molecular weight excluding hydrogens is 180 g/mol. The van der Waals surface area contributed by atoms with Gasteiger partial charge in [-0.2, -0.15) is 0 Å². The normalized spacial score (nSPS) is 18.6. The molecule has 0 aliphatic carbocycles. The molecule has 0 saturated carbocycles. The monoisotopic (exact) mass is 202 g/mol. The van der Waals surface area contributed by atoms with Crippen molar-refractivity contribution < 1.29 is 14.2 Å². The molecule has 0 amide bonds. The van der Waals surface area contributed by atoms with Crippen LogP contribution in [0.25, 0.3) is 0 Å². The van der Waals surface area contributed by atoms with E-state index in [1.165, 1.54) is 38.5 Å². The van der Waals surface area contributed by atoms with E-state index in [1.54, 1.807) is 0 Å². The van der Waals surface area contributed by atoms with E-state index in [9.17, 15) is 0 Å². The van der Waals surface area contributed by atoms with Gasteiger partial charge in [0.2, 0.25) is 0 Å². The van der Waals surface area contributed by atoms with Crippen molar-refractivity contribution in [1.82, 2.24) is 0 Å². The zero-order valence-corrected chi connectivity index (χ0v) is 9.17. The lowest BCUT2D eigenvalue weighted by atomic mass is 10.1. The second-order valence-corrected chi connectivity index (χ2v) is 3.76. The maximum absolute atomic E-state index is 5.26. The summed E-state index contributed by atoms with van der Waals surface area (Å²) in [5.41, 5.74) is 0. The Labute approximate surface area is 86.7 Å². The maximum Gasteiger partial charge on any atom is 0.163 e. The first-order valence-electron chi connectivity index (χ1n) is 5.74. The summed E-state index contributed by atoms with van der Waals surface area (Å²) in [4.78, 5) is 0. The number of rotatable bonds is 7. The van der Waals surface area contributed by atoms with Crippen LogP contribution in [0.5, 0.6) is 0 Å². The Kier molecular flexibility index (Phi) is 7.01. The van der Waals surface area contributed by atoms with Gasteiger partial charge in [0.1, 0.15) is 0 Å². The molecule has 0 atom stereocenters. The molecule has 3 nitrogen and oxygen atoms in total. The van der Waals surface area contributed by atoms with Crippen LogP contribution in [0.3, 0.4) is 0 Å². The molecule has 84 valence electrons. The highest BCUT2D eigenvalue weighted by Crippen LogP contribution is 2.13. The van der Waals surface area contributed by atoms with Crippen LogP contribution in [0, 0.1) is 0 Å². The highest BCUT2D eigenvalue weighted by atomic mass is 16.8. The minimum Gasteiger partial charge on any atom is -0.329 e. The van der Waals surface area contributed by atoms with Gasteiger partial charge in [0.25, 0.3) is 0 Å². The number of hydrogen-bond acceptors (Lipinski definition) is 3.